The Morgan fingerprint density at radius 2 is 2.29 bits per heavy atom. The van der Waals surface area contributed by atoms with E-state index in [4.69, 9.17) is 18.0 Å². The molecule has 0 saturated heterocycles. The van der Waals surface area contributed by atoms with Crippen molar-refractivity contribution in [1.29, 1.82) is 0 Å². The number of aromatic nitrogens is 2. The first-order valence-corrected chi connectivity index (χ1v) is 6.72. The van der Waals surface area contributed by atoms with Crippen molar-refractivity contribution in [3.8, 4) is 12.3 Å². The molecule has 3 rings (SSSR count). The van der Waals surface area contributed by atoms with Gasteiger partial charge in [-0.2, -0.15) is 0 Å². The van der Waals surface area contributed by atoms with Gasteiger partial charge in [-0.3, -0.25) is 4.98 Å². The largest absolute Gasteiger partial charge is 0.359 e. The fraction of sp³-hybridized carbons (Fsp3) is 0.133. The molecule has 0 atom stereocenters. The Labute approximate surface area is 127 Å². The first-order valence-electron chi connectivity index (χ1n) is 6.35. The molecule has 1 aromatic heterocycles. The number of rotatable bonds is 2. The number of benzene rings is 1. The summed E-state index contributed by atoms with van der Waals surface area (Å²) in [7, 11) is 0. The molecule has 0 radical (unpaired) electrons. The predicted molar refractivity (Wildman–Crippen MR) is 83.9 cm³/mol. The van der Waals surface area contributed by atoms with Gasteiger partial charge in [0.05, 0.1) is 18.4 Å². The van der Waals surface area contributed by atoms with Gasteiger partial charge in [0.2, 0.25) is 0 Å². The number of hydrogen-bond acceptors (Lipinski definition) is 5. The van der Waals surface area contributed by atoms with Gasteiger partial charge in [-0.1, -0.05) is 17.5 Å². The summed E-state index contributed by atoms with van der Waals surface area (Å²) < 4.78 is 0. The summed E-state index contributed by atoms with van der Waals surface area (Å²) in [6.45, 7) is 0.852. The highest BCUT2D eigenvalue weighted by Crippen LogP contribution is 2.32. The Kier molecular flexibility index (Phi) is 3.71. The van der Waals surface area contributed by atoms with Gasteiger partial charge in [-0.25, -0.2) is 9.98 Å². The summed E-state index contributed by atoms with van der Waals surface area (Å²) in [5, 5.41) is 3.78. The van der Waals surface area contributed by atoms with E-state index in [0.717, 1.165) is 22.9 Å². The lowest BCUT2D eigenvalue weighted by Gasteiger charge is -2.29. The van der Waals surface area contributed by atoms with Crippen LogP contribution in [0.25, 0.3) is 0 Å². The van der Waals surface area contributed by atoms with Crippen LogP contribution in [0.2, 0.25) is 5.02 Å². The van der Waals surface area contributed by atoms with Crippen LogP contribution >= 0.6 is 11.6 Å². The van der Waals surface area contributed by atoms with E-state index in [1.165, 1.54) is 0 Å². The van der Waals surface area contributed by atoms with E-state index >= 15 is 0 Å². The van der Waals surface area contributed by atoms with Gasteiger partial charge in [0.1, 0.15) is 12.5 Å². The number of fused-ring (bicyclic) bond motifs is 1. The first-order chi connectivity index (χ1) is 10.3. The molecule has 0 fully saturated rings. The van der Waals surface area contributed by atoms with E-state index in [-0.39, 0.29) is 0 Å². The van der Waals surface area contributed by atoms with Crippen LogP contribution in [0.3, 0.4) is 0 Å². The number of halogens is 1. The minimum absolute atomic E-state index is 0.423. The summed E-state index contributed by atoms with van der Waals surface area (Å²) in [6, 6.07) is 5.63. The van der Waals surface area contributed by atoms with Crippen LogP contribution in [0.1, 0.15) is 5.56 Å². The zero-order valence-electron chi connectivity index (χ0n) is 11.1. The smallest absolute Gasteiger partial charge is 0.153 e. The number of aliphatic imine (C=N–C) groups is 1. The van der Waals surface area contributed by atoms with Gasteiger partial charge in [0.25, 0.3) is 0 Å². The van der Waals surface area contributed by atoms with Crippen LogP contribution < -0.4 is 10.2 Å². The second-order valence-electron chi connectivity index (χ2n) is 4.36. The van der Waals surface area contributed by atoms with Crippen molar-refractivity contribution in [1.82, 2.24) is 15.3 Å². The highest BCUT2D eigenvalue weighted by molar-refractivity contribution is 6.31. The van der Waals surface area contributed by atoms with E-state index in [0.29, 0.717) is 18.2 Å². The minimum Gasteiger partial charge on any atom is -0.359 e. The average Bonchev–Trinajstić information content (AvgIpc) is 2.53. The Balaban J connectivity index is 2.04. The van der Waals surface area contributed by atoms with Crippen LogP contribution in [-0.2, 0) is 0 Å². The summed E-state index contributed by atoms with van der Waals surface area (Å²) in [4.78, 5) is 14.9. The average molecular weight is 298 g/mol. The number of amidine groups is 1. The third-order valence-corrected chi connectivity index (χ3v) is 3.30. The zero-order valence-corrected chi connectivity index (χ0v) is 11.9. The Morgan fingerprint density at radius 1 is 1.38 bits per heavy atom. The molecule has 0 spiro atoms. The van der Waals surface area contributed by atoms with Crippen LogP contribution in [-0.4, -0.2) is 29.0 Å². The molecule has 2 aromatic rings. The molecule has 6 heteroatoms. The molecule has 1 aliphatic rings. The fourth-order valence-corrected chi connectivity index (χ4v) is 2.31. The molecule has 0 amide bonds. The number of nitrogens with one attached hydrogen (secondary N) is 1. The topological polar surface area (TPSA) is 53.4 Å². The van der Waals surface area contributed by atoms with Crippen LogP contribution in [0, 0.1) is 12.3 Å². The second-order valence-corrected chi connectivity index (χ2v) is 4.80. The van der Waals surface area contributed by atoms with E-state index in [2.05, 4.69) is 26.2 Å². The lowest BCUT2D eigenvalue weighted by atomic mass is 10.1. The molecule has 21 heavy (non-hydrogen) atoms. The van der Waals surface area contributed by atoms with Crippen molar-refractivity contribution >= 4 is 28.9 Å². The van der Waals surface area contributed by atoms with Crippen molar-refractivity contribution in [2.75, 3.05) is 18.1 Å². The van der Waals surface area contributed by atoms with Gasteiger partial charge < -0.3 is 10.2 Å². The molecule has 0 saturated carbocycles. The molecule has 2 heterocycles. The van der Waals surface area contributed by atoms with Gasteiger partial charge in [0, 0.05) is 23.0 Å². The van der Waals surface area contributed by atoms with E-state index in [9.17, 15) is 0 Å². The number of anilines is 2. The maximum Gasteiger partial charge on any atom is 0.153 e. The quantitative estimate of drug-likeness (QED) is 0.864. The van der Waals surface area contributed by atoms with Crippen molar-refractivity contribution < 1.29 is 0 Å². The van der Waals surface area contributed by atoms with E-state index in [1.54, 1.807) is 18.6 Å². The minimum atomic E-state index is 0.423. The number of nitrogens with zero attached hydrogens (tertiary/aromatic N) is 4. The highest BCUT2D eigenvalue weighted by Gasteiger charge is 2.22. The first kappa shape index (κ1) is 13.4. The molecular weight excluding hydrogens is 286 g/mol. The molecule has 1 N–H and O–H groups in total. The maximum absolute atomic E-state index is 6.13. The van der Waals surface area contributed by atoms with Crippen LogP contribution in [0.4, 0.5) is 11.5 Å². The zero-order chi connectivity index (χ0) is 14.7. The molecule has 1 aliphatic heterocycles. The third kappa shape index (κ3) is 2.67. The monoisotopic (exact) mass is 297 g/mol. The summed E-state index contributed by atoms with van der Waals surface area (Å²) in [5.74, 6) is 4.03. The number of terminal acetylenes is 1. The normalized spacial score (nSPS) is 13.1. The molecule has 0 aliphatic carbocycles. The van der Waals surface area contributed by atoms with Crippen molar-refractivity contribution in [3.63, 3.8) is 0 Å². The maximum atomic E-state index is 6.13. The fourth-order valence-electron chi connectivity index (χ4n) is 2.14. The summed E-state index contributed by atoms with van der Waals surface area (Å²) in [6.07, 6.45) is 10.3. The Bertz CT molecular complexity index is 721. The van der Waals surface area contributed by atoms with Gasteiger partial charge in [0.15, 0.2) is 5.82 Å². The summed E-state index contributed by atoms with van der Waals surface area (Å²) >= 11 is 6.13. The van der Waals surface area contributed by atoms with Gasteiger partial charge >= 0.3 is 0 Å². The van der Waals surface area contributed by atoms with Crippen LogP contribution in [0.5, 0.6) is 0 Å². The van der Waals surface area contributed by atoms with E-state index < -0.39 is 0 Å². The Morgan fingerprint density at radius 3 is 3.05 bits per heavy atom. The lowest BCUT2D eigenvalue weighted by Crippen LogP contribution is -2.33. The molecular formula is C15H12ClN5. The van der Waals surface area contributed by atoms with Crippen molar-refractivity contribution in [2.24, 2.45) is 4.99 Å². The van der Waals surface area contributed by atoms with E-state index in [1.807, 2.05) is 23.1 Å². The predicted octanol–water partition coefficient (Wildman–Crippen LogP) is 2.21. The van der Waals surface area contributed by atoms with Crippen molar-refractivity contribution in [2.45, 2.75) is 0 Å². The SMILES string of the molecule is C#CCNC1=NCN(c2cnccn2)c2cc(Cl)ccc21. The lowest BCUT2D eigenvalue weighted by molar-refractivity contribution is 0.905. The number of hydrogen-bond donors (Lipinski definition) is 1. The molecule has 5 nitrogen and oxygen atoms in total. The molecule has 104 valence electrons. The summed E-state index contributed by atoms with van der Waals surface area (Å²) in [5.41, 5.74) is 1.86. The van der Waals surface area contributed by atoms with Gasteiger partial charge in [-0.05, 0) is 18.2 Å². The molecule has 0 bridgehead atoms. The molecule has 1 aromatic carbocycles. The third-order valence-electron chi connectivity index (χ3n) is 3.06. The van der Waals surface area contributed by atoms with Crippen molar-refractivity contribution in [3.05, 3.63) is 47.4 Å². The van der Waals surface area contributed by atoms with Gasteiger partial charge in [-0.15, -0.1) is 6.42 Å². The van der Waals surface area contributed by atoms with Crippen LogP contribution in [0.15, 0.2) is 41.8 Å². The highest BCUT2D eigenvalue weighted by atomic mass is 35.5. The standard InChI is InChI=1S/C15H12ClN5/c1-2-5-19-15-12-4-3-11(16)8-13(12)21(10-20-15)14-9-17-6-7-18-14/h1,3-4,6-9H,5,10H2,(H,19,20). The second kappa shape index (κ2) is 5.81. The Hall–Kier alpha value is -2.58. The molecule has 0 unspecified atom stereocenters.